The van der Waals surface area contributed by atoms with Gasteiger partial charge in [-0.1, -0.05) is 0 Å². The van der Waals surface area contributed by atoms with Crippen LogP contribution in [0, 0.1) is 0 Å². The number of aliphatic carboxylic acids is 1. The maximum Gasteiger partial charge on any atom is 0.320 e. The number of H-pyrrole nitrogens is 1. The van der Waals surface area contributed by atoms with Crippen LogP contribution < -0.4 is 5.73 Å². The summed E-state index contributed by atoms with van der Waals surface area (Å²) < 4.78 is 0. The number of aromatic nitrogens is 1. The van der Waals surface area contributed by atoms with Crippen LogP contribution in [-0.2, 0) is 11.2 Å². The summed E-state index contributed by atoms with van der Waals surface area (Å²) in [4.78, 5) is 13.7. The highest BCUT2D eigenvalue weighted by molar-refractivity contribution is 5.85. The van der Waals surface area contributed by atoms with E-state index < -0.39 is 12.0 Å². The van der Waals surface area contributed by atoms with Crippen LogP contribution in [0.25, 0.3) is 10.9 Å². The number of carboxylic acids is 1. The molecular formula is C11H13N2O3+. The van der Waals surface area contributed by atoms with E-state index in [-0.39, 0.29) is 6.42 Å². The Morgan fingerprint density at radius 3 is 3.00 bits per heavy atom. The van der Waals surface area contributed by atoms with E-state index in [4.69, 9.17) is 15.9 Å². The predicted octanol–water partition coefficient (Wildman–Crippen LogP) is 0.560. The average Bonchev–Trinajstić information content (AvgIpc) is 2.61. The average molecular weight is 221 g/mol. The molecule has 0 radical (unpaired) electrons. The first-order valence-corrected chi connectivity index (χ1v) is 4.88. The maximum atomic E-state index is 10.7. The highest BCUT2D eigenvalue weighted by atomic mass is 16.4. The Morgan fingerprint density at radius 1 is 1.56 bits per heavy atom. The quantitative estimate of drug-likeness (QED) is 0.660. The van der Waals surface area contributed by atoms with E-state index in [0.29, 0.717) is 5.75 Å². The van der Waals surface area contributed by atoms with Gasteiger partial charge in [-0.3, -0.25) is 4.79 Å². The fraction of sp³-hybridized carbons (Fsp3) is 0.182. The van der Waals surface area contributed by atoms with Gasteiger partial charge in [-0.15, -0.1) is 0 Å². The maximum absolute atomic E-state index is 10.7. The molecule has 0 spiro atoms. The van der Waals surface area contributed by atoms with Crippen molar-refractivity contribution in [2.75, 3.05) is 0 Å². The molecule has 6 N–H and O–H groups in total. The van der Waals surface area contributed by atoms with Gasteiger partial charge in [-0.05, 0) is 11.6 Å². The summed E-state index contributed by atoms with van der Waals surface area (Å²) in [5.74, 6) is -0.617. The van der Waals surface area contributed by atoms with Crippen molar-refractivity contribution in [1.29, 1.82) is 0 Å². The molecule has 0 amide bonds. The zero-order chi connectivity index (χ0) is 11.7. The number of nitrogens with one attached hydrogen (secondary N) is 1. The first-order chi connectivity index (χ1) is 7.58. The Hall–Kier alpha value is -2.01. The van der Waals surface area contributed by atoms with Gasteiger partial charge in [-0.25, -0.2) is 0 Å². The van der Waals surface area contributed by atoms with Gasteiger partial charge < -0.3 is 20.9 Å². The molecule has 2 aromatic rings. The van der Waals surface area contributed by atoms with Crippen molar-refractivity contribution in [3.63, 3.8) is 0 Å². The fourth-order valence-electron chi connectivity index (χ4n) is 1.67. The van der Waals surface area contributed by atoms with Crippen LogP contribution in [0.2, 0.25) is 0 Å². The summed E-state index contributed by atoms with van der Waals surface area (Å²) in [5.41, 5.74) is 7.20. The molecule has 0 aliphatic heterocycles. The summed E-state index contributed by atoms with van der Waals surface area (Å²) in [7, 11) is 0. The number of nitrogens with two attached hydrogens (primary N) is 1. The molecule has 0 aliphatic carbocycles. The SMILES string of the molecule is N[C@@H](Cc1c[nH]c2ccc([OH2+])cc12)C(=O)O. The summed E-state index contributed by atoms with van der Waals surface area (Å²) in [6.07, 6.45) is 2.01. The van der Waals surface area contributed by atoms with Crippen molar-refractivity contribution in [2.45, 2.75) is 12.5 Å². The lowest BCUT2D eigenvalue weighted by molar-refractivity contribution is -0.138. The molecule has 0 unspecified atom stereocenters. The third kappa shape index (κ3) is 1.85. The Morgan fingerprint density at radius 2 is 2.31 bits per heavy atom. The van der Waals surface area contributed by atoms with E-state index in [0.717, 1.165) is 16.5 Å². The van der Waals surface area contributed by atoms with E-state index >= 15 is 0 Å². The lowest BCUT2D eigenvalue weighted by atomic mass is 10.1. The number of aromatic amines is 1. The van der Waals surface area contributed by atoms with E-state index in [2.05, 4.69) is 4.98 Å². The van der Waals surface area contributed by atoms with E-state index in [9.17, 15) is 4.79 Å². The van der Waals surface area contributed by atoms with Gasteiger partial charge in [0.2, 0.25) is 0 Å². The molecule has 0 aliphatic rings. The zero-order valence-electron chi connectivity index (χ0n) is 8.53. The van der Waals surface area contributed by atoms with Crippen molar-refractivity contribution in [3.05, 3.63) is 30.0 Å². The molecule has 1 aromatic heterocycles. The molecule has 5 nitrogen and oxygen atoms in total. The molecule has 1 atom stereocenters. The first-order valence-electron chi connectivity index (χ1n) is 4.88. The molecule has 0 fully saturated rings. The number of benzene rings is 1. The van der Waals surface area contributed by atoms with Gasteiger partial charge in [0.15, 0.2) is 0 Å². The van der Waals surface area contributed by atoms with Gasteiger partial charge in [0.1, 0.15) is 6.04 Å². The molecule has 16 heavy (non-hydrogen) atoms. The van der Waals surface area contributed by atoms with Crippen molar-refractivity contribution < 1.29 is 15.0 Å². The lowest BCUT2D eigenvalue weighted by Crippen LogP contribution is -2.32. The van der Waals surface area contributed by atoms with Crippen LogP contribution in [0.15, 0.2) is 24.4 Å². The van der Waals surface area contributed by atoms with Crippen LogP contribution in [0.4, 0.5) is 0 Å². The molecule has 0 saturated carbocycles. The first kappa shape index (κ1) is 10.5. The Bertz CT molecular complexity index is 533. The highest BCUT2D eigenvalue weighted by Gasteiger charge is 2.15. The summed E-state index contributed by atoms with van der Waals surface area (Å²) in [5, 5.41) is 17.1. The second-order valence-electron chi connectivity index (χ2n) is 3.72. The molecule has 84 valence electrons. The fourth-order valence-corrected chi connectivity index (χ4v) is 1.67. The topological polar surface area (TPSA) is 102 Å². The van der Waals surface area contributed by atoms with Crippen LogP contribution in [0.1, 0.15) is 5.56 Å². The largest absolute Gasteiger partial charge is 0.593 e. The Kier molecular flexibility index (Phi) is 2.54. The third-order valence-corrected chi connectivity index (χ3v) is 2.52. The zero-order valence-corrected chi connectivity index (χ0v) is 8.53. The van der Waals surface area contributed by atoms with Gasteiger partial charge in [0.05, 0.1) is 0 Å². The van der Waals surface area contributed by atoms with E-state index in [1.54, 1.807) is 24.4 Å². The van der Waals surface area contributed by atoms with Crippen LogP contribution in [0.5, 0.6) is 5.75 Å². The van der Waals surface area contributed by atoms with Crippen molar-refractivity contribution >= 4 is 16.9 Å². The summed E-state index contributed by atoms with van der Waals surface area (Å²) >= 11 is 0. The van der Waals surface area contributed by atoms with Crippen molar-refractivity contribution in [1.82, 2.24) is 4.98 Å². The normalized spacial score (nSPS) is 12.8. The molecular weight excluding hydrogens is 208 g/mol. The van der Waals surface area contributed by atoms with E-state index in [1.807, 2.05) is 0 Å². The minimum absolute atomic E-state index is 0.263. The number of hydrogen-bond acceptors (Lipinski definition) is 2. The van der Waals surface area contributed by atoms with Crippen LogP contribution in [0.3, 0.4) is 0 Å². The molecule has 0 bridgehead atoms. The third-order valence-electron chi connectivity index (χ3n) is 2.52. The summed E-state index contributed by atoms with van der Waals surface area (Å²) in [6, 6.07) is 4.27. The predicted molar refractivity (Wildman–Crippen MR) is 60.7 cm³/mol. The van der Waals surface area contributed by atoms with Gasteiger partial charge in [-0.2, -0.15) is 0 Å². The van der Waals surface area contributed by atoms with E-state index in [1.165, 1.54) is 0 Å². The standard InChI is InChI=1S/C11H12N2O3/c12-9(11(15)16)3-6-5-13-10-2-1-7(14)4-8(6)10/h1-2,4-5,9,13-14H,3,12H2,(H,15,16)/p+1/t9-/m0/s1. The second kappa shape index (κ2) is 3.86. The summed E-state index contributed by atoms with van der Waals surface area (Å²) in [6.45, 7) is 0. The number of carbonyl (C=O) groups is 1. The molecule has 1 aromatic carbocycles. The monoisotopic (exact) mass is 221 g/mol. The number of rotatable bonds is 3. The molecule has 5 heteroatoms. The minimum Gasteiger partial charge on any atom is -0.593 e. The highest BCUT2D eigenvalue weighted by Crippen LogP contribution is 2.23. The Labute approximate surface area is 91.5 Å². The van der Waals surface area contributed by atoms with Crippen molar-refractivity contribution in [3.8, 4) is 5.75 Å². The smallest absolute Gasteiger partial charge is 0.320 e. The minimum atomic E-state index is -1.02. The van der Waals surface area contributed by atoms with Crippen LogP contribution in [-0.4, -0.2) is 27.2 Å². The number of hydrogen-bond donors (Lipinski definition) is 3. The van der Waals surface area contributed by atoms with Gasteiger partial charge in [0, 0.05) is 35.7 Å². The Balaban J connectivity index is 2.37. The van der Waals surface area contributed by atoms with Gasteiger partial charge >= 0.3 is 5.97 Å². The van der Waals surface area contributed by atoms with Crippen LogP contribution >= 0.6 is 0 Å². The number of fused-ring (bicyclic) bond motifs is 1. The number of carboxylic acid groups (broad SMARTS) is 1. The molecule has 2 rings (SSSR count). The van der Waals surface area contributed by atoms with Crippen molar-refractivity contribution in [2.24, 2.45) is 5.73 Å². The second-order valence-corrected chi connectivity index (χ2v) is 3.72. The molecule has 0 saturated heterocycles. The lowest BCUT2D eigenvalue weighted by Gasteiger charge is -2.04. The van der Waals surface area contributed by atoms with Gasteiger partial charge in [0.25, 0.3) is 5.75 Å². The molecule has 1 heterocycles.